The van der Waals surface area contributed by atoms with E-state index < -0.39 is 0 Å². The topological polar surface area (TPSA) is 72.4 Å². The van der Waals surface area contributed by atoms with Crippen LogP contribution in [0.2, 0.25) is 0 Å². The van der Waals surface area contributed by atoms with Crippen molar-refractivity contribution in [2.45, 2.75) is 39.0 Å². The van der Waals surface area contributed by atoms with Crippen molar-refractivity contribution < 1.29 is 19.0 Å². The number of nitrogens with zero attached hydrogens (tertiary/aromatic N) is 2. The van der Waals surface area contributed by atoms with Gasteiger partial charge in [-0.15, -0.1) is 0 Å². The lowest BCUT2D eigenvalue weighted by Gasteiger charge is -2.35. The molecule has 7 heteroatoms. The second kappa shape index (κ2) is 9.37. The summed E-state index contributed by atoms with van der Waals surface area (Å²) in [4.78, 5) is 18.8. The summed E-state index contributed by atoms with van der Waals surface area (Å²) in [6, 6.07) is 6.14. The molecule has 1 N–H and O–H groups in total. The number of hydrogen-bond donors (Lipinski definition) is 1. The third-order valence-electron chi connectivity index (χ3n) is 5.56. The molecule has 1 aromatic carbocycles. The first-order valence-corrected chi connectivity index (χ1v) is 10.5. The maximum Gasteiger partial charge on any atom is 0.310 e. The fraction of sp³-hybridized carbons (Fsp3) is 0.636. The molecule has 2 heterocycles. The largest absolute Gasteiger partial charge is 0.486 e. The summed E-state index contributed by atoms with van der Waals surface area (Å²) in [5.74, 6) is 2.24. The summed E-state index contributed by atoms with van der Waals surface area (Å²) < 4.78 is 16.6. The zero-order valence-electron chi connectivity index (χ0n) is 18.0. The zero-order valence-corrected chi connectivity index (χ0v) is 18.0. The molecule has 1 unspecified atom stereocenters. The van der Waals surface area contributed by atoms with Gasteiger partial charge in [-0.3, -0.25) is 9.79 Å². The highest BCUT2D eigenvalue weighted by Crippen LogP contribution is 2.35. The molecule has 7 nitrogen and oxygen atoms in total. The molecule has 0 aliphatic carbocycles. The molecule has 0 spiro atoms. The minimum Gasteiger partial charge on any atom is -0.486 e. The summed E-state index contributed by atoms with van der Waals surface area (Å²) in [6.45, 7) is 10.1. The van der Waals surface area contributed by atoms with Crippen molar-refractivity contribution in [3.8, 4) is 11.5 Å². The van der Waals surface area contributed by atoms with E-state index in [4.69, 9.17) is 14.2 Å². The molecule has 2 aliphatic heterocycles. The second-order valence-corrected chi connectivity index (χ2v) is 8.18. The Morgan fingerprint density at radius 3 is 2.79 bits per heavy atom. The fourth-order valence-electron chi connectivity index (χ4n) is 3.82. The van der Waals surface area contributed by atoms with Crippen LogP contribution in [0.15, 0.2) is 23.2 Å². The van der Waals surface area contributed by atoms with Crippen LogP contribution in [0.1, 0.15) is 39.2 Å². The summed E-state index contributed by atoms with van der Waals surface area (Å²) in [6.07, 6.45) is 1.82. The van der Waals surface area contributed by atoms with Gasteiger partial charge in [-0.2, -0.15) is 0 Å². The maximum atomic E-state index is 12.1. The number of nitrogens with one attached hydrogen (secondary N) is 1. The number of hydrogen-bond acceptors (Lipinski definition) is 5. The number of benzene rings is 1. The van der Waals surface area contributed by atoms with E-state index in [0.29, 0.717) is 32.9 Å². The normalized spacial score (nSPS) is 19.7. The van der Waals surface area contributed by atoms with E-state index in [-0.39, 0.29) is 17.3 Å². The van der Waals surface area contributed by atoms with Crippen molar-refractivity contribution in [2.75, 3.05) is 46.5 Å². The standard InChI is InChI=1S/C22H33N3O4/c1-5-27-20(26)16-7-6-10-25(14-16)21(23-4)24-15-22(2,3)17-8-9-18-19(13-17)29-12-11-28-18/h8-9,13,16H,5-7,10-12,14-15H2,1-4H3,(H,23,24). The predicted octanol–water partition coefficient (Wildman–Crippen LogP) is 2.59. The smallest absolute Gasteiger partial charge is 0.310 e. The zero-order chi connectivity index (χ0) is 20.9. The molecule has 160 valence electrons. The van der Waals surface area contributed by atoms with Crippen molar-refractivity contribution in [1.29, 1.82) is 0 Å². The molecule has 0 saturated carbocycles. The van der Waals surface area contributed by atoms with Gasteiger partial charge in [-0.1, -0.05) is 19.9 Å². The van der Waals surface area contributed by atoms with Gasteiger partial charge >= 0.3 is 5.97 Å². The van der Waals surface area contributed by atoms with E-state index in [1.54, 1.807) is 7.05 Å². The molecule has 1 fully saturated rings. The molecule has 1 atom stereocenters. The third-order valence-corrected chi connectivity index (χ3v) is 5.56. The van der Waals surface area contributed by atoms with Gasteiger partial charge in [0.15, 0.2) is 17.5 Å². The van der Waals surface area contributed by atoms with Gasteiger partial charge in [0.05, 0.1) is 12.5 Å². The van der Waals surface area contributed by atoms with Gasteiger partial charge in [0, 0.05) is 32.1 Å². The highest BCUT2D eigenvalue weighted by molar-refractivity contribution is 5.81. The minimum absolute atomic E-state index is 0.0898. The molecule has 2 aliphatic rings. The lowest BCUT2D eigenvalue weighted by atomic mass is 9.84. The van der Waals surface area contributed by atoms with Crippen molar-refractivity contribution in [3.05, 3.63) is 23.8 Å². The summed E-state index contributed by atoms with van der Waals surface area (Å²) in [7, 11) is 1.79. The van der Waals surface area contributed by atoms with Gasteiger partial charge in [0.25, 0.3) is 0 Å². The molecular weight excluding hydrogens is 370 g/mol. The quantitative estimate of drug-likeness (QED) is 0.463. The average Bonchev–Trinajstić information content (AvgIpc) is 2.74. The fourth-order valence-corrected chi connectivity index (χ4v) is 3.82. The van der Waals surface area contributed by atoms with Gasteiger partial charge in [-0.25, -0.2) is 0 Å². The molecule has 29 heavy (non-hydrogen) atoms. The maximum absolute atomic E-state index is 12.1. The highest BCUT2D eigenvalue weighted by atomic mass is 16.6. The number of aliphatic imine (C=N–C) groups is 1. The number of guanidine groups is 1. The van der Waals surface area contributed by atoms with Gasteiger partial charge in [0.1, 0.15) is 13.2 Å². The number of carbonyl (C=O) groups excluding carboxylic acids is 1. The Morgan fingerprint density at radius 1 is 1.31 bits per heavy atom. The van der Waals surface area contributed by atoms with Crippen LogP contribution in [-0.2, 0) is 14.9 Å². The summed E-state index contributed by atoms with van der Waals surface area (Å²) in [5, 5.41) is 3.50. The van der Waals surface area contributed by atoms with E-state index in [1.807, 2.05) is 13.0 Å². The lowest BCUT2D eigenvalue weighted by molar-refractivity contribution is -0.149. The number of piperidine rings is 1. The van der Waals surface area contributed by atoms with Crippen LogP contribution in [0.4, 0.5) is 0 Å². The van der Waals surface area contributed by atoms with Crippen LogP contribution >= 0.6 is 0 Å². The Balaban J connectivity index is 1.63. The molecule has 1 saturated heterocycles. The Labute approximate surface area is 173 Å². The Morgan fingerprint density at radius 2 is 2.07 bits per heavy atom. The van der Waals surface area contributed by atoms with E-state index >= 15 is 0 Å². The van der Waals surface area contributed by atoms with Gasteiger partial charge in [-0.05, 0) is 37.5 Å². The number of likely N-dealkylation sites (tertiary alicyclic amines) is 1. The molecule has 0 amide bonds. The Kier molecular flexibility index (Phi) is 6.87. The van der Waals surface area contributed by atoms with Crippen LogP contribution < -0.4 is 14.8 Å². The van der Waals surface area contributed by atoms with Crippen molar-refractivity contribution in [2.24, 2.45) is 10.9 Å². The van der Waals surface area contributed by atoms with Gasteiger partial charge in [0.2, 0.25) is 0 Å². The highest BCUT2D eigenvalue weighted by Gasteiger charge is 2.30. The SMILES string of the molecule is CCOC(=O)C1CCCN(C(=NC)NCC(C)(C)c2ccc3c(c2)OCCO3)C1. The monoisotopic (exact) mass is 403 g/mol. The number of rotatable bonds is 5. The minimum atomic E-state index is -0.137. The Hall–Kier alpha value is -2.44. The molecular formula is C22H33N3O4. The molecule has 1 aromatic rings. The molecule has 0 bridgehead atoms. The lowest BCUT2D eigenvalue weighted by Crippen LogP contribution is -2.50. The van der Waals surface area contributed by atoms with Crippen molar-refractivity contribution in [3.63, 3.8) is 0 Å². The number of carbonyl (C=O) groups is 1. The summed E-state index contributed by atoms with van der Waals surface area (Å²) in [5.41, 5.74) is 1.04. The number of ether oxygens (including phenoxy) is 3. The third kappa shape index (κ3) is 5.14. The van der Waals surface area contributed by atoms with E-state index in [9.17, 15) is 4.79 Å². The van der Waals surface area contributed by atoms with Crippen LogP contribution in [0, 0.1) is 5.92 Å². The van der Waals surface area contributed by atoms with E-state index in [0.717, 1.165) is 36.8 Å². The molecule has 3 rings (SSSR count). The first-order valence-electron chi connectivity index (χ1n) is 10.5. The van der Waals surface area contributed by atoms with Crippen molar-refractivity contribution in [1.82, 2.24) is 10.2 Å². The average molecular weight is 404 g/mol. The number of fused-ring (bicyclic) bond motifs is 1. The van der Waals surface area contributed by atoms with Gasteiger partial charge < -0.3 is 24.4 Å². The van der Waals surface area contributed by atoms with Crippen LogP contribution in [0.5, 0.6) is 11.5 Å². The summed E-state index contributed by atoms with van der Waals surface area (Å²) >= 11 is 0. The Bertz CT molecular complexity index is 748. The molecule has 0 radical (unpaired) electrons. The van der Waals surface area contributed by atoms with Crippen LogP contribution in [0.3, 0.4) is 0 Å². The van der Waals surface area contributed by atoms with E-state index in [2.05, 4.69) is 41.2 Å². The van der Waals surface area contributed by atoms with Crippen molar-refractivity contribution >= 4 is 11.9 Å². The second-order valence-electron chi connectivity index (χ2n) is 8.18. The molecule has 0 aromatic heterocycles. The number of esters is 1. The predicted molar refractivity (Wildman–Crippen MR) is 113 cm³/mol. The first kappa shape index (κ1) is 21.3. The first-order chi connectivity index (χ1) is 13.9. The van der Waals surface area contributed by atoms with Crippen LogP contribution in [-0.4, -0.2) is 63.3 Å². The van der Waals surface area contributed by atoms with Crippen LogP contribution in [0.25, 0.3) is 0 Å². The van der Waals surface area contributed by atoms with E-state index in [1.165, 1.54) is 5.56 Å².